The zero-order valence-electron chi connectivity index (χ0n) is 11.8. The molecule has 0 N–H and O–H groups in total. The maximum atomic E-state index is 5.57. The van der Waals surface area contributed by atoms with Crippen molar-refractivity contribution in [2.24, 2.45) is 0 Å². The van der Waals surface area contributed by atoms with Gasteiger partial charge in [0, 0.05) is 38.3 Å². The number of rotatable bonds is 4. The van der Waals surface area contributed by atoms with Crippen molar-refractivity contribution in [3.05, 3.63) is 35.9 Å². The highest BCUT2D eigenvalue weighted by atomic mass is 16.7. The summed E-state index contributed by atoms with van der Waals surface area (Å²) in [6.07, 6.45) is 1.32. The van der Waals surface area contributed by atoms with Gasteiger partial charge < -0.3 is 9.47 Å². The van der Waals surface area contributed by atoms with Crippen LogP contribution in [0, 0.1) is 0 Å². The van der Waals surface area contributed by atoms with Gasteiger partial charge in [0.2, 0.25) is 0 Å². The smallest absolute Gasteiger partial charge is 0.170 e. The van der Waals surface area contributed by atoms with Crippen molar-refractivity contribution in [3.63, 3.8) is 0 Å². The van der Waals surface area contributed by atoms with E-state index in [2.05, 4.69) is 40.1 Å². The Morgan fingerprint density at radius 2 is 1.65 bits per heavy atom. The molecular formula is C16H22N2O2. The van der Waals surface area contributed by atoms with Gasteiger partial charge in [-0.2, -0.15) is 0 Å². The van der Waals surface area contributed by atoms with Crippen LogP contribution in [0.3, 0.4) is 0 Å². The molecule has 4 rings (SSSR count). The molecule has 0 saturated carbocycles. The van der Waals surface area contributed by atoms with Gasteiger partial charge in [-0.05, 0) is 12.0 Å². The van der Waals surface area contributed by atoms with E-state index in [-0.39, 0.29) is 6.29 Å². The SMILES string of the molecule is c1ccc(CN2C[C@@H]3C[C@H]2CN3CC2OCCO2)cc1. The molecular weight excluding hydrogens is 252 g/mol. The first-order valence-corrected chi connectivity index (χ1v) is 7.64. The topological polar surface area (TPSA) is 24.9 Å². The van der Waals surface area contributed by atoms with E-state index < -0.39 is 0 Å². The van der Waals surface area contributed by atoms with Crippen molar-refractivity contribution in [3.8, 4) is 0 Å². The number of piperazine rings is 1. The molecule has 0 unspecified atom stereocenters. The minimum absolute atomic E-state index is 0.0110. The number of benzene rings is 1. The van der Waals surface area contributed by atoms with Crippen LogP contribution in [-0.4, -0.2) is 61.0 Å². The number of fused-ring (bicyclic) bond motifs is 2. The number of likely N-dealkylation sites (tertiary alicyclic amines) is 2. The molecule has 0 amide bonds. The van der Waals surface area contributed by atoms with Crippen LogP contribution >= 0.6 is 0 Å². The summed E-state index contributed by atoms with van der Waals surface area (Å²) < 4.78 is 11.1. The highest BCUT2D eigenvalue weighted by Gasteiger charge is 2.43. The molecule has 3 saturated heterocycles. The van der Waals surface area contributed by atoms with Crippen molar-refractivity contribution in [1.82, 2.24) is 9.80 Å². The molecule has 108 valence electrons. The molecule has 3 aliphatic rings. The molecule has 3 fully saturated rings. The van der Waals surface area contributed by atoms with Crippen LogP contribution in [0.1, 0.15) is 12.0 Å². The highest BCUT2D eigenvalue weighted by Crippen LogP contribution is 2.32. The van der Waals surface area contributed by atoms with Crippen LogP contribution < -0.4 is 0 Å². The Labute approximate surface area is 120 Å². The van der Waals surface area contributed by atoms with Gasteiger partial charge >= 0.3 is 0 Å². The van der Waals surface area contributed by atoms with E-state index in [1.807, 2.05) is 0 Å². The summed E-state index contributed by atoms with van der Waals surface area (Å²) in [6, 6.07) is 12.2. The first kappa shape index (κ1) is 12.8. The fourth-order valence-corrected chi connectivity index (χ4v) is 3.77. The third-order valence-corrected chi connectivity index (χ3v) is 4.77. The number of ether oxygens (including phenoxy) is 2. The number of hydrogen-bond donors (Lipinski definition) is 0. The molecule has 2 bridgehead atoms. The lowest BCUT2D eigenvalue weighted by Crippen LogP contribution is -2.48. The van der Waals surface area contributed by atoms with E-state index in [0.717, 1.165) is 26.3 Å². The molecule has 2 atom stereocenters. The third-order valence-electron chi connectivity index (χ3n) is 4.77. The maximum absolute atomic E-state index is 5.57. The Bertz CT molecular complexity index is 447. The van der Waals surface area contributed by atoms with Gasteiger partial charge in [0.05, 0.1) is 13.2 Å². The molecule has 0 radical (unpaired) electrons. The van der Waals surface area contributed by atoms with Gasteiger partial charge in [0.25, 0.3) is 0 Å². The molecule has 1 aromatic rings. The first-order valence-electron chi connectivity index (χ1n) is 7.64. The zero-order valence-corrected chi connectivity index (χ0v) is 11.8. The van der Waals surface area contributed by atoms with Gasteiger partial charge in [-0.15, -0.1) is 0 Å². The Morgan fingerprint density at radius 1 is 0.950 bits per heavy atom. The van der Waals surface area contributed by atoms with Crippen LogP contribution in [0.15, 0.2) is 30.3 Å². The van der Waals surface area contributed by atoms with Gasteiger partial charge in [-0.25, -0.2) is 0 Å². The molecule has 4 heteroatoms. The Hall–Kier alpha value is -0.940. The average Bonchev–Trinajstić information content (AvgIpc) is 3.17. The second-order valence-electron chi connectivity index (χ2n) is 6.08. The quantitative estimate of drug-likeness (QED) is 0.827. The van der Waals surface area contributed by atoms with E-state index in [0.29, 0.717) is 12.1 Å². The molecule has 3 aliphatic heterocycles. The second-order valence-corrected chi connectivity index (χ2v) is 6.08. The Kier molecular flexibility index (Phi) is 3.48. The predicted octanol–water partition coefficient (Wildman–Crippen LogP) is 1.32. The van der Waals surface area contributed by atoms with Gasteiger partial charge in [-0.1, -0.05) is 30.3 Å². The predicted molar refractivity (Wildman–Crippen MR) is 76.3 cm³/mol. The van der Waals surface area contributed by atoms with E-state index in [9.17, 15) is 0 Å². The van der Waals surface area contributed by atoms with E-state index in [1.54, 1.807) is 0 Å². The van der Waals surface area contributed by atoms with Crippen molar-refractivity contribution >= 4 is 0 Å². The lowest BCUT2D eigenvalue weighted by Gasteiger charge is -2.35. The number of nitrogens with zero attached hydrogens (tertiary/aromatic N) is 2. The van der Waals surface area contributed by atoms with E-state index in [1.165, 1.54) is 25.1 Å². The summed E-state index contributed by atoms with van der Waals surface area (Å²) in [5, 5.41) is 0. The normalized spacial score (nSPS) is 31.4. The summed E-state index contributed by atoms with van der Waals surface area (Å²) in [7, 11) is 0. The van der Waals surface area contributed by atoms with E-state index >= 15 is 0 Å². The standard InChI is InChI=1S/C16H22N2O2/c1-2-4-13(5-3-1)9-17-10-15-8-14(17)11-18(15)12-16-19-6-7-20-16/h1-5,14-16H,6-12H2/t14-,15-/m0/s1. The van der Waals surface area contributed by atoms with Crippen LogP contribution in [-0.2, 0) is 16.0 Å². The van der Waals surface area contributed by atoms with Gasteiger partial charge in [0.15, 0.2) is 6.29 Å². The van der Waals surface area contributed by atoms with E-state index in [4.69, 9.17) is 9.47 Å². The fourth-order valence-electron chi connectivity index (χ4n) is 3.77. The Balaban J connectivity index is 1.33. The highest BCUT2D eigenvalue weighted by molar-refractivity contribution is 5.15. The van der Waals surface area contributed by atoms with Crippen molar-refractivity contribution in [2.45, 2.75) is 31.3 Å². The summed E-state index contributed by atoms with van der Waals surface area (Å²) >= 11 is 0. The average molecular weight is 274 g/mol. The lowest BCUT2D eigenvalue weighted by atomic mass is 10.2. The van der Waals surface area contributed by atoms with Crippen LogP contribution in [0.25, 0.3) is 0 Å². The summed E-state index contributed by atoms with van der Waals surface area (Å²) in [5.74, 6) is 0. The molecule has 20 heavy (non-hydrogen) atoms. The molecule has 0 aromatic heterocycles. The molecule has 0 aliphatic carbocycles. The zero-order chi connectivity index (χ0) is 13.4. The minimum Gasteiger partial charge on any atom is -0.349 e. The minimum atomic E-state index is 0.0110. The molecule has 4 nitrogen and oxygen atoms in total. The first-order chi connectivity index (χ1) is 9.88. The third kappa shape index (κ3) is 2.49. The van der Waals surface area contributed by atoms with Crippen molar-refractivity contribution < 1.29 is 9.47 Å². The van der Waals surface area contributed by atoms with Crippen LogP contribution in [0.2, 0.25) is 0 Å². The Morgan fingerprint density at radius 3 is 2.35 bits per heavy atom. The van der Waals surface area contributed by atoms with Crippen molar-refractivity contribution in [2.75, 3.05) is 32.8 Å². The molecule has 0 spiro atoms. The van der Waals surface area contributed by atoms with Gasteiger partial charge in [0.1, 0.15) is 0 Å². The van der Waals surface area contributed by atoms with Gasteiger partial charge in [-0.3, -0.25) is 9.80 Å². The van der Waals surface area contributed by atoms with Crippen LogP contribution in [0.4, 0.5) is 0 Å². The van der Waals surface area contributed by atoms with Crippen molar-refractivity contribution in [1.29, 1.82) is 0 Å². The maximum Gasteiger partial charge on any atom is 0.170 e. The summed E-state index contributed by atoms with van der Waals surface area (Å²) in [6.45, 7) is 5.90. The second kappa shape index (κ2) is 5.45. The molecule has 3 heterocycles. The summed E-state index contributed by atoms with van der Waals surface area (Å²) in [5.41, 5.74) is 1.43. The monoisotopic (exact) mass is 274 g/mol. The fraction of sp³-hybridized carbons (Fsp3) is 0.625. The molecule has 1 aromatic carbocycles. The van der Waals surface area contributed by atoms with Crippen LogP contribution in [0.5, 0.6) is 0 Å². The lowest BCUT2D eigenvalue weighted by molar-refractivity contribution is -0.0693. The number of hydrogen-bond acceptors (Lipinski definition) is 4. The largest absolute Gasteiger partial charge is 0.349 e. The summed E-state index contributed by atoms with van der Waals surface area (Å²) in [4.78, 5) is 5.19.